The Kier molecular flexibility index (Phi) is 3.62. The van der Waals surface area contributed by atoms with E-state index in [1.54, 1.807) is 0 Å². The van der Waals surface area contributed by atoms with Gasteiger partial charge in [0.25, 0.3) is 0 Å². The van der Waals surface area contributed by atoms with Gasteiger partial charge in [-0.25, -0.2) is 8.78 Å². The van der Waals surface area contributed by atoms with Crippen molar-refractivity contribution in [3.05, 3.63) is 77.5 Å². The smallest absolute Gasteiger partial charge is 0.126 e. The number of fused-ring (bicyclic) bond motifs is 1. The molecule has 106 valence electrons. The monoisotopic (exact) mass is 284 g/mol. The zero-order chi connectivity index (χ0) is 14.8. The van der Waals surface area contributed by atoms with Gasteiger partial charge in [0.15, 0.2) is 0 Å². The van der Waals surface area contributed by atoms with Crippen LogP contribution in [0, 0.1) is 11.6 Å². The number of nitrogens with two attached hydrogens (primary N) is 1. The molecule has 3 rings (SSSR count). The molecule has 0 spiro atoms. The van der Waals surface area contributed by atoms with E-state index in [0.29, 0.717) is 5.69 Å². The van der Waals surface area contributed by atoms with Crippen molar-refractivity contribution in [2.24, 2.45) is 5.73 Å². The average molecular weight is 284 g/mol. The molecule has 0 saturated heterocycles. The zero-order valence-corrected chi connectivity index (χ0v) is 11.3. The average Bonchev–Trinajstić information content (AvgIpc) is 2.50. The molecular weight excluding hydrogens is 270 g/mol. The van der Waals surface area contributed by atoms with E-state index in [4.69, 9.17) is 5.73 Å². The first-order valence-electron chi connectivity index (χ1n) is 6.69. The fourth-order valence-electron chi connectivity index (χ4n) is 2.33. The second kappa shape index (κ2) is 5.58. The SMILES string of the molecule is NC(Cc1cc(F)ccc1F)c1ccc2ccccc2n1. The number of hydrogen-bond donors (Lipinski definition) is 1. The van der Waals surface area contributed by atoms with Crippen molar-refractivity contribution >= 4 is 10.9 Å². The minimum absolute atomic E-state index is 0.203. The fraction of sp³-hybridized carbons (Fsp3) is 0.118. The van der Waals surface area contributed by atoms with E-state index < -0.39 is 17.7 Å². The number of rotatable bonds is 3. The summed E-state index contributed by atoms with van der Waals surface area (Å²) in [5.74, 6) is -0.919. The van der Waals surface area contributed by atoms with Gasteiger partial charge in [-0.1, -0.05) is 24.3 Å². The van der Waals surface area contributed by atoms with Crippen molar-refractivity contribution in [2.75, 3.05) is 0 Å². The molecule has 3 aromatic rings. The molecule has 0 fully saturated rings. The second-order valence-corrected chi connectivity index (χ2v) is 4.98. The van der Waals surface area contributed by atoms with Crippen LogP contribution in [-0.4, -0.2) is 4.98 Å². The van der Waals surface area contributed by atoms with E-state index in [1.807, 2.05) is 36.4 Å². The van der Waals surface area contributed by atoms with E-state index in [1.165, 1.54) is 6.07 Å². The number of halogens is 2. The maximum atomic E-state index is 13.7. The molecule has 21 heavy (non-hydrogen) atoms. The summed E-state index contributed by atoms with van der Waals surface area (Å²) in [6.45, 7) is 0. The quantitative estimate of drug-likeness (QED) is 0.795. The Morgan fingerprint density at radius 2 is 1.81 bits per heavy atom. The van der Waals surface area contributed by atoms with Crippen molar-refractivity contribution in [1.82, 2.24) is 4.98 Å². The molecule has 2 aromatic carbocycles. The van der Waals surface area contributed by atoms with E-state index in [2.05, 4.69) is 4.98 Å². The summed E-state index contributed by atoms with van der Waals surface area (Å²) < 4.78 is 26.8. The molecule has 1 aromatic heterocycles. The zero-order valence-electron chi connectivity index (χ0n) is 11.3. The summed E-state index contributed by atoms with van der Waals surface area (Å²) in [5, 5.41) is 1.02. The van der Waals surface area contributed by atoms with Gasteiger partial charge in [0, 0.05) is 5.39 Å². The molecule has 0 saturated carbocycles. The van der Waals surface area contributed by atoms with Crippen LogP contribution in [0.25, 0.3) is 10.9 Å². The third-order valence-electron chi connectivity index (χ3n) is 3.45. The Labute approximate surface area is 121 Å². The largest absolute Gasteiger partial charge is 0.322 e. The van der Waals surface area contributed by atoms with Crippen LogP contribution in [0.1, 0.15) is 17.3 Å². The molecule has 1 atom stereocenters. The predicted molar refractivity (Wildman–Crippen MR) is 78.7 cm³/mol. The molecule has 0 aliphatic rings. The van der Waals surface area contributed by atoms with Crippen LogP contribution in [-0.2, 0) is 6.42 Å². The lowest BCUT2D eigenvalue weighted by Crippen LogP contribution is -2.15. The van der Waals surface area contributed by atoms with E-state index in [0.717, 1.165) is 23.0 Å². The first kappa shape index (κ1) is 13.6. The van der Waals surface area contributed by atoms with Gasteiger partial charge in [-0.05, 0) is 42.3 Å². The molecule has 0 aliphatic carbocycles. The summed E-state index contributed by atoms with van der Waals surface area (Å²) in [6.07, 6.45) is 0.203. The van der Waals surface area contributed by atoms with Gasteiger partial charge in [0.2, 0.25) is 0 Å². The normalized spacial score (nSPS) is 12.5. The van der Waals surface area contributed by atoms with Crippen LogP contribution >= 0.6 is 0 Å². The van der Waals surface area contributed by atoms with Gasteiger partial charge in [0.1, 0.15) is 11.6 Å². The van der Waals surface area contributed by atoms with Gasteiger partial charge >= 0.3 is 0 Å². The minimum Gasteiger partial charge on any atom is -0.322 e. The Hall–Kier alpha value is -2.33. The lowest BCUT2D eigenvalue weighted by Gasteiger charge is -2.12. The maximum absolute atomic E-state index is 13.7. The Morgan fingerprint density at radius 3 is 2.67 bits per heavy atom. The van der Waals surface area contributed by atoms with Gasteiger partial charge < -0.3 is 5.73 Å². The molecule has 0 amide bonds. The topological polar surface area (TPSA) is 38.9 Å². The Balaban J connectivity index is 1.89. The third-order valence-corrected chi connectivity index (χ3v) is 3.45. The highest BCUT2D eigenvalue weighted by Crippen LogP contribution is 2.20. The van der Waals surface area contributed by atoms with Crippen LogP contribution in [0.4, 0.5) is 8.78 Å². The van der Waals surface area contributed by atoms with Crippen LogP contribution in [0.3, 0.4) is 0 Å². The summed E-state index contributed by atoms with van der Waals surface area (Å²) >= 11 is 0. The molecular formula is C17H14F2N2. The molecule has 2 N–H and O–H groups in total. The highest BCUT2D eigenvalue weighted by Gasteiger charge is 2.13. The van der Waals surface area contributed by atoms with Gasteiger partial charge in [-0.2, -0.15) is 0 Å². The maximum Gasteiger partial charge on any atom is 0.126 e. The van der Waals surface area contributed by atoms with Crippen molar-refractivity contribution in [1.29, 1.82) is 0 Å². The van der Waals surface area contributed by atoms with E-state index in [-0.39, 0.29) is 12.0 Å². The highest BCUT2D eigenvalue weighted by molar-refractivity contribution is 5.78. The number of nitrogens with zero attached hydrogens (tertiary/aromatic N) is 1. The van der Waals surface area contributed by atoms with Gasteiger partial charge in [-0.3, -0.25) is 4.98 Å². The number of pyridine rings is 1. The molecule has 2 nitrogen and oxygen atoms in total. The Morgan fingerprint density at radius 1 is 1.00 bits per heavy atom. The van der Waals surface area contributed by atoms with E-state index in [9.17, 15) is 8.78 Å². The molecule has 4 heteroatoms. The lowest BCUT2D eigenvalue weighted by atomic mass is 10.0. The van der Waals surface area contributed by atoms with Crippen molar-refractivity contribution in [3.63, 3.8) is 0 Å². The summed E-state index contributed by atoms with van der Waals surface area (Å²) in [7, 11) is 0. The number of aromatic nitrogens is 1. The summed E-state index contributed by atoms with van der Waals surface area (Å²) in [4.78, 5) is 4.48. The van der Waals surface area contributed by atoms with Crippen LogP contribution in [0.15, 0.2) is 54.6 Å². The number of benzene rings is 2. The second-order valence-electron chi connectivity index (χ2n) is 4.98. The van der Waals surface area contributed by atoms with Crippen LogP contribution < -0.4 is 5.73 Å². The van der Waals surface area contributed by atoms with E-state index >= 15 is 0 Å². The molecule has 0 bridgehead atoms. The predicted octanol–water partition coefficient (Wildman–Crippen LogP) is 3.76. The molecule has 0 aliphatic heterocycles. The summed E-state index contributed by atoms with van der Waals surface area (Å²) in [6, 6.07) is 14.4. The third kappa shape index (κ3) is 2.90. The Bertz CT molecular complexity index is 787. The summed E-state index contributed by atoms with van der Waals surface area (Å²) in [5.41, 5.74) is 7.85. The van der Waals surface area contributed by atoms with Crippen molar-refractivity contribution < 1.29 is 8.78 Å². The molecule has 1 unspecified atom stereocenters. The van der Waals surface area contributed by atoms with Crippen LogP contribution in [0.2, 0.25) is 0 Å². The minimum atomic E-state index is -0.481. The first-order chi connectivity index (χ1) is 10.1. The van der Waals surface area contributed by atoms with Crippen LogP contribution in [0.5, 0.6) is 0 Å². The first-order valence-corrected chi connectivity index (χ1v) is 6.69. The number of para-hydroxylation sites is 1. The lowest BCUT2D eigenvalue weighted by molar-refractivity contribution is 0.570. The van der Waals surface area contributed by atoms with Gasteiger partial charge in [0.05, 0.1) is 17.3 Å². The van der Waals surface area contributed by atoms with Crippen molar-refractivity contribution in [2.45, 2.75) is 12.5 Å². The fourth-order valence-corrected chi connectivity index (χ4v) is 2.33. The number of hydrogen-bond acceptors (Lipinski definition) is 2. The standard InChI is InChI=1S/C17H14F2N2/c18-13-6-7-14(19)12(9-13)10-15(20)17-8-5-11-3-1-2-4-16(11)21-17/h1-9,15H,10,20H2. The molecule has 1 heterocycles. The molecule has 0 radical (unpaired) electrons. The van der Waals surface area contributed by atoms with Crippen molar-refractivity contribution in [3.8, 4) is 0 Å². The highest BCUT2D eigenvalue weighted by atomic mass is 19.1. The van der Waals surface area contributed by atoms with Gasteiger partial charge in [-0.15, -0.1) is 0 Å².